The van der Waals surface area contributed by atoms with E-state index in [1.165, 1.54) is 4.90 Å². The van der Waals surface area contributed by atoms with E-state index >= 15 is 0 Å². The Labute approximate surface area is 224 Å². The number of benzene rings is 3. The van der Waals surface area contributed by atoms with Gasteiger partial charge < -0.3 is 14.0 Å². The zero-order valence-corrected chi connectivity index (χ0v) is 21.8. The molecule has 1 fully saturated rings. The number of para-hydroxylation sites is 3. The number of rotatable bonds is 9. The second-order valence-electron chi connectivity index (χ2n) is 8.54. The molecule has 37 heavy (non-hydrogen) atoms. The molecule has 1 aliphatic rings. The van der Waals surface area contributed by atoms with E-state index < -0.39 is 0 Å². The standard InChI is InChI=1S/C29H25ClN2O4S/c1-35-25-9-4-5-10-26(25)36-16-6-15-31-19-21(23-7-2-3-8-24(23)31)17-27-28(33)32(29(34)37-27)18-20-11-13-22(30)14-12-20/h2-5,7-14,17,19H,6,15-16,18H2,1H3/b27-17-. The number of methoxy groups -OCH3 is 1. The van der Waals surface area contributed by atoms with Gasteiger partial charge in [0.1, 0.15) is 0 Å². The Balaban J connectivity index is 1.31. The van der Waals surface area contributed by atoms with E-state index in [0.717, 1.165) is 52.5 Å². The molecular weight excluding hydrogens is 508 g/mol. The smallest absolute Gasteiger partial charge is 0.293 e. The highest BCUT2D eigenvalue weighted by molar-refractivity contribution is 8.18. The minimum atomic E-state index is -0.285. The maximum Gasteiger partial charge on any atom is 0.293 e. The summed E-state index contributed by atoms with van der Waals surface area (Å²) < 4.78 is 13.4. The largest absolute Gasteiger partial charge is 0.493 e. The van der Waals surface area contributed by atoms with Crippen LogP contribution in [0.15, 0.2) is 83.9 Å². The molecule has 1 aromatic heterocycles. The summed E-state index contributed by atoms with van der Waals surface area (Å²) in [5, 5.41) is 1.36. The Hall–Kier alpha value is -3.68. The van der Waals surface area contributed by atoms with Gasteiger partial charge in [0.25, 0.3) is 11.1 Å². The summed E-state index contributed by atoms with van der Waals surface area (Å²) in [6.45, 7) is 1.49. The Morgan fingerprint density at radius 1 is 0.946 bits per heavy atom. The minimum Gasteiger partial charge on any atom is -0.493 e. The zero-order chi connectivity index (χ0) is 25.8. The summed E-state index contributed by atoms with van der Waals surface area (Å²) in [5.41, 5.74) is 2.81. The van der Waals surface area contributed by atoms with E-state index in [2.05, 4.69) is 10.6 Å². The number of imide groups is 1. The molecule has 1 aliphatic heterocycles. The summed E-state index contributed by atoms with van der Waals surface area (Å²) in [6, 6.07) is 22.8. The van der Waals surface area contributed by atoms with Crippen molar-refractivity contribution in [1.29, 1.82) is 0 Å². The second kappa shape index (κ2) is 11.2. The fourth-order valence-electron chi connectivity index (χ4n) is 4.28. The number of aromatic nitrogens is 1. The van der Waals surface area contributed by atoms with Crippen molar-refractivity contribution in [3.05, 3.63) is 100 Å². The lowest BCUT2D eigenvalue weighted by atomic mass is 10.1. The van der Waals surface area contributed by atoms with Gasteiger partial charge in [-0.3, -0.25) is 14.5 Å². The number of carbonyl (C=O) groups is 2. The average Bonchev–Trinajstić information content (AvgIpc) is 3.40. The Morgan fingerprint density at radius 3 is 2.46 bits per heavy atom. The van der Waals surface area contributed by atoms with Crippen LogP contribution in [0.25, 0.3) is 17.0 Å². The summed E-state index contributed by atoms with van der Waals surface area (Å²) >= 11 is 6.93. The Bertz CT molecular complexity index is 1480. The topological polar surface area (TPSA) is 60.8 Å². The molecule has 0 saturated carbocycles. The molecule has 3 aromatic carbocycles. The molecule has 188 valence electrons. The van der Waals surface area contributed by atoms with Crippen LogP contribution < -0.4 is 9.47 Å². The molecule has 0 radical (unpaired) electrons. The first-order valence-electron chi connectivity index (χ1n) is 11.9. The third-order valence-corrected chi connectivity index (χ3v) is 7.26. The van der Waals surface area contributed by atoms with E-state index in [9.17, 15) is 9.59 Å². The number of aryl methyl sites for hydroxylation is 1. The van der Waals surface area contributed by atoms with Crippen LogP contribution in [0, 0.1) is 0 Å². The van der Waals surface area contributed by atoms with Crippen LogP contribution >= 0.6 is 23.4 Å². The van der Waals surface area contributed by atoms with Gasteiger partial charge in [-0.2, -0.15) is 0 Å². The van der Waals surface area contributed by atoms with Crippen molar-refractivity contribution in [3.8, 4) is 11.5 Å². The van der Waals surface area contributed by atoms with Crippen LogP contribution in [0.2, 0.25) is 5.02 Å². The third kappa shape index (κ3) is 5.53. The van der Waals surface area contributed by atoms with Gasteiger partial charge >= 0.3 is 0 Å². The lowest BCUT2D eigenvalue weighted by molar-refractivity contribution is -0.123. The van der Waals surface area contributed by atoms with Gasteiger partial charge in [-0.05, 0) is 60.2 Å². The molecule has 2 heterocycles. The van der Waals surface area contributed by atoms with E-state index in [1.54, 1.807) is 19.2 Å². The van der Waals surface area contributed by atoms with Gasteiger partial charge in [0.2, 0.25) is 0 Å². The summed E-state index contributed by atoms with van der Waals surface area (Å²) in [7, 11) is 1.63. The van der Waals surface area contributed by atoms with Crippen LogP contribution in [-0.2, 0) is 17.9 Å². The minimum absolute atomic E-state index is 0.215. The van der Waals surface area contributed by atoms with Crippen LogP contribution in [0.3, 0.4) is 0 Å². The zero-order valence-electron chi connectivity index (χ0n) is 20.2. The summed E-state index contributed by atoms with van der Waals surface area (Å²) in [5.74, 6) is 1.14. The molecule has 0 atom stereocenters. The third-order valence-electron chi connectivity index (χ3n) is 6.10. The highest BCUT2D eigenvalue weighted by Gasteiger charge is 2.35. The van der Waals surface area contributed by atoms with Crippen molar-refractivity contribution >= 4 is 51.5 Å². The lowest BCUT2D eigenvalue weighted by Gasteiger charge is -2.12. The van der Waals surface area contributed by atoms with Crippen LogP contribution in [0.1, 0.15) is 17.5 Å². The molecule has 0 bridgehead atoms. The second-order valence-corrected chi connectivity index (χ2v) is 9.97. The first-order chi connectivity index (χ1) is 18.0. The van der Waals surface area contributed by atoms with Crippen molar-refractivity contribution in [1.82, 2.24) is 9.47 Å². The maximum absolute atomic E-state index is 13.1. The van der Waals surface area contributed by atoms with Crippen LogP contribution in [0.5, 0.6) is 11.5 Å². The monoisotopic (exact) mass is 532 g/mol. The SMILES string of the molecule is COc1ccccc1OCCCn1cc(/C=C2\SC(=O)N(Cc3ccc(Cl)cc3)C2=O)c2ccccc21. The first-order valence-corrected chi connectivity index (χ1v) is 13.1. The molecule has 1 saturated heterocycles. The van der Waals surface area contributed by atoms with Gasteiger partial charge in [-0.15, -0.1) is 0 Å². The first kappa shape index (κ1) is 25.0. The molecule has 0 unspecified atom stereocenters. The van der Waals surface area contributed by atoms with Gasteiger partial charge in [0.05, 0.1) is 25.2 Å². The average molecular weight is 533 g/mol. The lowest BCUT2D eigenvalue weighted by Crippen LogP contribution is -2.27. The van der Waals surface area contributed by atoms with Crippen LogP contribution in [-0.4, -0.2) is 34.3 Å². The van der Waals surface area contributed by atoms with Crippen LogP contribution in [0.4, 0.5) is 4.79 Å². The van der Waals surface area contributed by atoms with Crippen molar-refractivity contribution in [2.75, 3.05) is 13.7 Å². The van der Waals surface area contributed by atoms with Crippen molar-refractivity contribution in [2.24, 2.45) is 0 Å². The Morgan fingerprint density at radius 2 is 1.68 bits per heavy atom. The van der Waals surface area contributed by atoms with Gasteiger partial charge in [0, 0.05) is 34.2 Å². The molecule has 2 amide bonds. The van der Waals surface area contributed by atoms with Gasteiger partial charge in [-0.25, -0.2) is 0 Å². The quantitative estimate of drug-likeness (QED) is 0.171. The molecule has 8 heteroatoms. The van der Waals surface area contributed by atoms with Crippen molar-refractivity contribution < 1.29 is 19.1 Å². The number of nitrogens with zero attached hydrogens (tertiary/aromatic N) is 2. The van der Waals surface area contributed by atoms with Crippen molar-refractivity contribution in [2.45, 2.75) is 19.5 Å². The molecule has 0 N–H and O–H groups in total. The van der Waals surface area contributed by atoms with E-state index in [-0.39, 0.29) is 17.7 Å². The fraction of sp³-hybridized carbons (Fsp3) is 0.172. The molecular formula is C29H25ClN2O4S. The molecule has 0 spiro atoms. The molecule has 5 rings (SSSR count). The highest BCUT2D eigenvalue weighted by atomic mass is 35.5. The van der Waals surface area contributed by atoms with Crippen molar-refractivity contribution in [3.63, 3.8) is 0 Å². The molecule has 4 aromatic rings. The van der Waals surface area contributed by atoms with E-state index in [4.69, 9.17) is 21.1 Å². The number of fused-ring (bicyclic) bond motifs is 1. The molecule has 0 aliphatic carbocycles. The predicted molar refractivity (Wildman–Crippen MR) is 148 cm³/mol. The van der Waals surface area contributed by atoms with E-state index in [0.29, 0.717) is 22.3 Å². The fourth-order valence-corrected chi connectivity index (χ4v) is 5.24. The maximum atomic E-state index is 13.1. The summed E-state index contributed by atoms with van der Waals surface area (Å²) in [4.78, 5) is 27.4. The Kier molecular flexibility index (Phi) is 7.53. The number of hydrogen-bond donors (Lipinski definition) is 0. The molecule has 6 nitrogen and oxygen atoms in total. The number of ether oxygens (including phenoxy) is 2. The normalized spacial score (nSPS) is 14.6. The van der Waals surface area contributed by atoms with Gasteiger partial charge in [0.15, 0.2) is 11.5 Å². The number of thioether (sulfide) groups is 1. The van der Waals surface area contributed by atoms with E-state index in [1.807, 2.05) is 66.9 Å². The number of carbonyl (C=O) groups excluding carboxylic acids is 2. The predicted octanol–water partition coefficient (Wildman–Crippen LogP) is 7.01. The van der Waals surface area contributed by atoms with Gasteiger partial charge in [-0.1, -0.05) is 54.1 Å². The summed E-state index contributed by atoms with van der Waals surface area (Å²) in [6.07, 6.45) is 4.63. The number of hydrogen-bond acceptors (Lipinski definition) is 5. The highest BCUT2D eigenvalue weighted by Crippen LogP contribution is 2.35. The number of halogens is 1. The number of amides is 2.